The molecule has 0 radical (unpaired) electrons. The topological polar surface area (TPSA) is 78.4 Å². The number of aryl methyl sites for hydroxylation is 1. The van der Waals surface area contributed by atoms with Crippen molar-refractivity contribution in [3.05, 3.63) is 23.9 Å². The van der Waals surface area contributed by atoms with E-state index >= 15 is 0 Å². The molecule has 1 aromatic heterocycles. The molecule has 0 aliphatic carbocycles. The first-order valence-corrected chi connectivity index (χ1v) is 7.28. The van der Waals surface area contributed by atoms with E-state index in [0.717, 1.165) is 18.1 Å². The summed E-state index contributed by atoms with van der Waals surface area (Å²) in [6.45, 7) is 9.27. The zero-order chi connectivity index (χ0) is 15.7. The molecule has 0 aliphatic heterocycles. The van der Waals surface area contributed by atoms with E-state index in [0.29, 0.717) is 24.8 Å². The summed E-state index contributed by atoms with van der Waals surface area (Å²) in [5.74, 6) is 1.21. The van der Waals surface area contributed by atoms with Gasteiger partial charge in [0.2, 0.25) is 5.91 Å². The van der Waals surface area contributed by atoms with Gasteiger partial charge in [0, 0.05) is 25.2 Å². The number of halogens is 1. The number of amides is 1. The third-order valence-electron chi connectivity index (χ3n) is 2.56. The summed E-state index contributed by atoms with van der Waals surface area (Å²) in [4.78, 5) is 20.3. The molecule has 0 aromatic carbocycles. The molecule has 1 amide bonds. The average Bonchev–Trinajstić information content (AvgIpc) is 2.41. The standard InChI is InChI=1S/C15H25N5O.HI/c1-5-16-15(19-11(2)3)17-9-8-14(21)20-13-7-6-12(4)10-18-13;/h6-7,10-11H,5,8-9H2,1-4H3,(H2,16,17,19)(H,18,20,21);1H. The van der Waals surface area contributed by atoms with E-state index in [-0.39, 0.29) is 29.9 Å². The number of aromatic nitrogens is 1. The predicted octanol–water partition coefficient (Wildman–Crippen LogP) is 2.30. The predicted molar refractivity (Wildman–Crippen MR) is 102 cm³/mol. The van der Waals surface area contributed by atoms with E-state index in [9.17, 15) is 4.79 Å². The summed E-state index contributed by atoms with van der Waals surface area (Å²) in [5, 5.41) is 9.10. The van der Waals surface area contributed by atoms with Gasteiger partial charge in [0.1, 0.15) is 5.82 Å². The largest absolute Gasteiger partial charge is 0.357 e. The molecule has 0 bridgehead atoms. The van der Waals surface area contributed by atoms with Crippen molar-refractivity contribution in [2.24, 2.45) is 4.99 Å². The SMILES string of the molecule is CCNC(=NCCC(=O)Nc1ccc(C)cn1)NC(C)C.I. The number of nitrogens with one attached hydrogen (secondary N) is 3. The lowest BCUT2D eigenvalue weighted by atomic mass is 10.3. The smallest absolute Gasteiger partial charge is 0.227 e. The average molecular weight is 419 g/mol. The summed E-state index contributed by atoms with van der Waals surface area (Å²) in [7, 11) is 0. The molecule has 0 spiro atoms. The van der Waals surface area contributed by atoms with Crippen LogP contribution < -0.4 is 16.0 Å². The Morgan fingerprint density at radius 1 is 1.36 bits per heavy atom. The highest BCUT2D eigenvalue weighted by Gasteiger charge is 2.04. The van der Waals surface area contributed by atoms with Gasteiger partial charge in [-0.05, 0) is 39.3 Å². The highest BCUT2D eigenvalue weighted by molar-refractivity contribution is 14.0. The highest BCUT2D eigenvalue weighted by Crippen LogP contribution is 2.04. The molecule has 6 nitrogen and oxygen atoms in total. The molecule has 1 heterocycles. The van der Waals surface area contributed by atoms with E-state index in [2.05, 4.69) is 25.9 Å². The fraction of sp³-hybridized carbons (Fsp3) is 0.533. The number of hydrogen-bond donors (Lipinski definition) is 3. The van der Waals surface area contributed by atoms with Gasteiger partial charge in [-0.2, -0.15) is 0 Å². The van der Waals surface area contributed by atoms with Crippen molar-refractivity contribution >= 4 is 41.7 Å². The van der Waals surface area contributed by atoms with Crippen molar-refractivity contribution in [3.8, 4) is 0 Å². The van der Waals surface area contributed by atoms with Crippen LogP contribution >= 0.6 is 24.0 Å². The molecular formula is C15H26IN5O. The maximum atomic E-state index is 11.8. The zero-order valence-corrected chi connectivity index (χ0v) is 16.0. The summed E-state index contributed by atoms with van der Waals surface area (Å²) >= 11 is 0. The molecule has 0 saturated carbocycles. The quantitative estimate of drug-likeness (QED) is 0.376. The van der Waals surface area contributed by atoms with Crippen molar-refractivity contribution in [3.63, 3.8) is 0 Å². The minimum Gasteiger partial charge on any atom is -0.357 e. The maximum Gasteiger partial charge on any atom is 0.227 e. The Kier molecular flexibility index (Phi) is 10.5. The van der Waals surface area contributed by atoms with Crippen molar-refractivity contribution < 1.29 is 4.79 Å². The number of aliphatic imine (C=N–C) groups is 1. The first-order valence-electron chi connectivity index (χ1n) is 7.28. The van der Waals surface area contributed by atoms with Crippen LogP contribution in [-0.2, 0) is 4.79 Å². The van der Waals surface area contributed by atoms with Crippen LogP contribution in [0.1, 0.15) is 32.8 Å². The van der Waals surface area contributed by atoms with Gasteiger partial charge >= 0.3 is 0 Å². The van der Waals surface area contributed by atoms with E-state index in [4.69, 9.17) is 0 Å². The number of guanidine groups is 1. The Balaban J connectivity index is 0.00000441. The van der Waals surface area contributed by atoms with Crippen LogP contribution in [0.25, 0.3) is 0 Å². The lowest BCUT2D eigenvalue weighted by Crippen LogP contribution is -2.41. The van der Waals surface area contributed by atoms with Crippen LogP contribution in [-0.4, -0.2) is 36.0 Å². The molecule has 0 saturated heterocycles. The first-order chi connectivity index (χ1) is 10.0. The van der Waals surface area contributed by atoms with Crippen molar-refractivity contribution in [1.29, 1.82) is 0 Å². The van der Waals surface area contributed by atoms with E-state index < -0.39 is 0 Å². The molecule has 22 heavy (non-hydrogen) atoms. The highest BCUT2D eigenvalue weighted by atomic mass is 127. The van der Waals surface area contributed by atoms with E-state index in [1.165, 1.54) is 0 Å². The van der Waals surface area contributed by atoms with Gasteiger partial charge in [-0.15, -0.1) is 24.0 Å². The molecule has 124 valence electrons. The van der Waals surface area contributed by atoms with Gasteiger partial charge < -0.3 is 16.0 Å². The number of carbonyl (C=O) groups excluding carboxylic acids is 1. The first kappa shape index (κ1) is 20.6. The van der Waals surface area contributed by atoms with Gasteiger partial charge in [0.15, 0.2) is 5.96 Å². The van der Waals surface area contributed by atoms with Crippen LogP contribution in [0, 0.1) is 6.92 Å². The summed E-state index contributed by atoms with van der Waals surface area (Å²) in [6, 6.07) is 4.01. The second kappa shape index (κ2) is 11.2. The fourth-order valence-corrected chi connectivity index (χ4v) is 1.61. The van der Waals surface area contributed by atoms with Gasteiger partial charge in [-0.25, -0.2) is 4.98 Å². The lowest BCUT2D eigenvalue weighted by molar-refractivity contribution is -0.116. The minimum absolute atomic E-state index is 0. The molecule has 1 rings (SSSR count). The summed E-state index contributed by atoms with van der Waals surface area (Å²) in [5.41, 5.74) is 1.06. The van der Waals surface area contributed by atoms with Crippen LogP contribution in [0.2, 0.25) is 0 Å². The van der Waals surface area contributed by atoms with Gasteiger partial charge in [0.05, 0.1) is 6.54 Å². The third kappa shape index (κ3) is 8.81. The molecule has 0 atom stereocenters. The van der Waals surface area contributed by atoms with E-state index in [1.54, 1.807) is 12.3 Å². The molecule has 0 unspecified atom stereocenters. The Labute approximate surface area is 149 Å². The Hall–Kier alpha value is -1.38. The fourth-order valence-electron chi connectivity index (χ4n) is 1.61. The van der Waals surface area contributed by atoms with Crippen LogP contribution in [0.15, 0.2) is 23.3 Å². The Bertz CT molecular complexity index is 473. The van der Waals surface area contributed by atoms with Crippen LogP contribution in [0.4, 0.5) is 5.82 Å². The molecular weight excluding hydrogens is 393 g/mol. The number of hydrogen-bond acceptors (Lipinski definition) is 3. The third-order valence-corrected chi connectivity index (χ3v) is 2.56. The monoisotopic (exact) mass is 419 g/mol. The van der Waals surface area contributed by atoms with Crippen molar-refractivity contribution in [2.75, 3.05) is 18.4 Å². The summed E-state index contributed by atoms with van der Waals surface area (Å²) in [6.07, 6.45) is 2.05. The van der Waals surface area contributed by atoms with Gasteiger partial charge in [0.25, 0.3) is 0 Å². The normalized spacial score (nSPS) is 10.9. The number of carbonyl (C=O) groups is 1. The number of pyridine rings is 1. The lowest BCUT2D eigenvalue weighted by Gasteiger charge is -2.13. The van der Waals surface area contributed by atoms with Gasteiger partial charge in [-0.1, -0.05) is 6.07 Å². The number of anilines is 1. The van der Waals surface area contributed by atoms with Gasteiger partial charge in [-0.3, -0.25) is 9.79 Å². The van der Waals surface area contributed by atoms with E-state index in [1.807, 2.05) is 33.8 Å². The maximum absolute atomic E-state index is 11.8. The number of nitrogens with zero attached hydrogens (tertiary/aromatic N) is 2. The molecule has 7 heteroatoms. The van der Waals surface area contributed by atoms with Crippen molar-refractivity contribution in [1.82, 2.24) is 15.6 Å². The Morgan fingerprint density at radius 2 is 2.09 bits per heavy atom. The molecule has 1 aromatic rings. The Morgan fingerprint density at radius 3 is 2.64 bits per heavy atom. The second-order valence-corrected chi connectivity index (χ2v) is 5.08. The second-order valence-electron chi connectivity index (χ2n) is 5.08. The van der Waals surface area contributed by atoms with Crippen LogP contribution in [0.5, 0.6) is 0 Å². The molecule has 0 aliphatic rings. The van der Waals surface area contributed by atoms with Crippen LogP contribution in [0.3, 0.4) is 0 Å². The molecule has 3 N–H and O–H groups in total. The number of rotatable bonds is 6. The van der Waals surface area contributed by atoms with Crippen molar-refractivity contribution in [2.45, 2.75) is 40.2 Å². The zero-order valence-electron chi connectivity index (χ0n) is 13.6. The summed E-state index contributed by atoms with van der Waals surface area (Å²) < 4.78 is 0. The minimum atomic E-state index is -0.0875. The molecule has 0 fully saturated rings.